The van der Waals surface area contributed by atoms with Gasteiger partial charge in [-0.25, -0.2) is 0 Å². The maximum Gasteiger partial charge on any atom is 0.0168 e. The van der Waals surface area contributed by atoms with E-state index in [0.717, 1.165) is 31.6 Å². The molecule has 0 aromatic rings. The number of terminal acetylenes is 1. The van der Waals surface area contributed by atoms with Crippen molar-refractivity contribution in [2.75, 3.05) is 0 Å². The second-order valence-corrected chi connectivity index (χ2v) is 3.58. The lowest BCUT2D eigenvalue weighted by Gasteiger charge is -2.43. The molecule has 0 radical (unpaired) electrons. The van der Waals surface area contributed by atoms with E-state index in [1.54, 1.807) is 0 Å². The van der Waals surface area contributed by atoms with Crippen LogP contribution in [0.4, 0.5) is 0 Å². The third-order valence-corrected chi connectivity index (χ3v) is 2.28. The van der Waals surface area contributed by atoms with E-state index in [2.05, 4.69) is 12.8 Å². The van der Waals surface area contributed by atoms with Crippen molar-refractivity contribution < 1.29 is 0 Å². The summed E-state index contributed by atoms with van der Waals surface area (Å²) in [5, 5.41) is 0. The van der Waals surface area contributed by atoms with Crippen molar-refractivity contribution in [2.24, 2.45) is 11.7 Å². The van der Waals surface area contributed by atoms with Crippen LogP contribution < -0.4 is 5.73 Å². The third-order valence-electron chi connectivity index (χ3n) is 2.28. The number of rotatable bonds is 2. The molecular formula is C9H15N. The molecule has 10 heavy (non-hydrogen) atoms. The maximum absolute atomic E-state index is 5.98. The molecule has 1 rings (SSSR count). The van der Waals surface area contributed by atoms with E-state index in [1.165, 1.54) is 0 Å². The van der Waals surface area contributed by atoms with E-state index in [-0.39, 0.29) is 5.54 Å². The molecular weight excluding hydrogens is 122 g/mol. The van der Waals surface area contributed by atoms with Gasteiger partial charge in [0.15, 0.2) is 0 Å². The largest absolute Gasteiger partial charge is 0.325 e. The van der Waals surface area contributed by atoms with E-state index < -0.39 is 0 Å². The zero-order chi connectivity index (χ0) is 7.61. The van der Waals surface area contributed by atoms with Crippen molar-refractivity contribution in [3.8, 4) is 12.3 Å². The van der Waals surface area contributed by atoms with Crippen molar-refractivity contribution in [3.05, 3.63) is 0 Å². The van der Waals surface area contributed by atoms with Crippen LogP contribution in [0.5, 0.6) is 0 Å². The molecule has 0 aromatic heterocycles. The summed E-state index contributed by atoms with van der Waals surface area (Å²) in [5.74, 6) is 3.45. The summed E-state index contributed by atoms with van der Waals surface area (Å²) in [6.07, 6.45) is 9.31. The molecule has 1 aliphatic rings. The Morgan fingerprint density at radius 1 is 1.70 bits per heavy atom. The third kappa shape index (κ3) is 1.52. The first kappa shape index (κ1) is 7.63. The van der Waals surface area contributed by atoms with Gasteiger partial charge >= 0.3 is 0 Å². The van der Waals surface area contributed by atoms with Gasteiger partial charge in [-0.05, 0) is 25.2 Å². The van der Waals surface area contributed by atoms with E-state index in [1.807, 2.05) is 0 Å². The summed E-state index contributed by atoms with van der Waals surface area (Å²) in [6, 6.07) is 0. The van der Waals surface area contributed by atoms with Crippen LogP contribution in [0.15, 0.2) is 0 Å². The van der Waals surface area contributed by atoms with Gasteiger partial charge < -0.3 is 5.73 Å². The summed E-state index contributed by atoms with van der Waals surface area (Å²) in [6.45, 7) is 2.24. The highest BCUT2D eigenvalue weighted by Crippen LogP contribution is 2.38. The van der Waals surface area contributed by atoms with E-state index in [4.69, 9.17) is 12.2 Å². The molecule has 0 unspecified atom stereocenters. The molecule has 0 aliphatic heterocycles. The van der Waals surface area contributed by atoms with Gasteiger partial charge in [0.25, 0.3) is 0 Å². The van der Waals surface area contributed by atoms with Crippen LogP contribution in [-0.2, 0) is 0 Å². The van der Waals surface area contributed by atoms with Gasteiger partial charge in [0.1, 0.15) is 0 Å². The summed E-state index contributed by atoms with van der Waals surface area (Å²) in [7, 11) is 0. The lowest BCUT2D eigenvalue weighted by Crippen LogP contribution is -2.50. The molecule has 1 heteroatoms. The average Bonchev–Trinajstić information content (AvgIpc) is 1.81. The molecule has 0 heterocycles. The molecule has 1 saturated carbocycles. The summed E-state index contributed by atoms with van der Waals surface area (Å²) >= 11 is 0. The first-order valence-corrected chi connectivity index (χ1v) is 3.89. The molecule has 1 nitrogen and oxygen atoms in total. The highest BCUT2D eigenvalue weighted by atomic mass is 14.8. The topological polar surface area (TPSA) is 26.0 Å². The molecule has 0 bridgehead atoms. The zero-order valence-corrected chi connectivity index (χ0v) is 6.56. The summed E-state index contributed by atoms with van der Waals surface area (Å²) < 4.78 is 0. The number of hydrogen-bond acceptors (Lipinski definition) is 1. The van der Waals surface area contributed by atoms with Gasteiger partial charge in [-0.15, -0.1) is 12.3 Å². The van der Waals surface area contributed by atoms with Gasteiger partial charge in [0, 0.05) is 12.0 Å². The molecule has 0 spiro atoms. The van der Waals surface area contributed by atoms with Crippen molar-refractivity contribution in [3.63, 3.8) is 0 Å². The second kappa shape index (κ2) is 2.64. The normalized spacial score (nSPS) is 38.3. The van der Waals surface area contributed by atoms with E-state index in [9.17, 15) is 0 Å². The van der Waals surface area contributed by atoms with Gasteiger partial charge in [0.05, 0.1) is 0 Å². The molecule has 56 valence electrons. The smallest absolute Gasteiger partial charge is 0.0168 e. The predicted octanol–water partition coefficient (Wildman–Crippen LogP) is 1.53. The molecule has 0 aromatic carbocycles. The SMILES string of the molecule is C#CCCC1(N)CC(C)C1. The number of nitrogens with two attached hydrogens (primary N) is 1. The monoisotopic (exact) mass is 137 g/mol. The Morgan fingerprint density at radius 3 is 2.70 bits per heavy atom. The Bertz CT molecular complexity index is 149. The highest BCUT2D eigenvalue weighted by Gasteiger charge is 2.37. The van der Waals surface area contributed by atoms with Crippen molar-refractivity contribution >= 4 is 0 Å². The quantitative estimate of drug-likeness (QED) is 0.574. The van der Waals surface area contributed by atoms with Crippen LogP contribution >= 0.6 is 0 Å². The highest BCUT2D eigenvalue weighted by molar-refractivity contribution is 4.99. The second-order valence-electron chi connectivity index (χ2n) is 3.58. The minimum absolute atomic E-state index is 0.103. The maximum atomic E-state index is 5.98. The van der Waals surface area contributed by atoms with Gasteiger partial charge in [-0.2, -0.15) is 0 Å². The average molecular weight is 137 g/mol. The first-order valence-electron chi connectivity index (χ1n) is 3.89. The van der Waals surface area contributed by atoms with Crippen LogP contribution in [0.25, 0.3) is 0 Å². The first-order chi connectivity index (χ1) is 4.66. The lowest BCUT2D eigenvalue weighted by molar-refractivity contribution is 0.153. The lowest BCUT2D eigenvalue weighted by atomic mass is 9.68. The fourth-order valence-corrected chi connectivity index (χ4v) is 1.85. The van der Waals surface area contributed by atoms with Gasteiger partial charge in [0.2, 0.25) is 0 Å². The summed E-state index contributed by atoms with van der Waals surface area (Å²) in [5.41, 5.74) is 6.09. The minimum Gasteiger partial charge on any atom is -0.325 e. The van der Waals surface area contributed by atoms with Crippen LogP contribution in [0.2, 0.25) is 0 Å². The summed E-state index contributed by atoms with van der Waals surface area (Å²) in [4.78, 5) is 0. The zero-order valence-electron chi connectivity index (χ0n) is 6.56. The van der Waals surface area contributed by atoms with Gasteiger partial charge in [-0.3, -0.25) is 0 Å². The van der Waals surface area contributed by atoms with Crippen LogP contribution in [0.1, 0.15) is 32.6 Å². The van der Waals surface area contributed by atoms with Gasteiger partial charge in [-0.1, -0.05) is 6.92 Å². The van der Waals surface area contributed by atoms with Crippen molar-refractivity contribution in [2.45, 2.75) is 38.1 Å². The van der Waals surface area contributed by atoms with Crippen LogP contribution in [0.3, 0.4) is 0 Å². The Balaban J connectivity index is 2.22. The molecule has 0 amide bonds. The standard InChI is InChI=1S/C9H15N/c1-3-4-5-9(10)6-8(2)7-9/h1,8H,4-7,10H2,2H3. The minimum atomic E-state index is 0.103. The Hall–Kier alpha value is -0.480. The predicted molar refractivity (Wildman–Crippen MR) is 43.4 cm³/mol. The van der Waals surface area contributed by atoms with Crippen molar-refractivity contribution in [1.82, 2.24) is 0 Å². The molecule has 0 saturated heterocycles. The molecule has 1 fully saturated rings. The Morgan fingerprint density at radius 2 is 2.30 bits per heavy atom. The molecule has 1 aliphatic carbocycles. The fraction of sp³-hybridized carbons (Fsp3) is 0.778. The Labute approximate surface area is 63.0 Å². The van der Waals surface area contributed by atoms with Crippen LogP contribution in [0, 0.1) is 18.3 Å². The fourth-order valence-electron chi connectivity index (χ4n) is 1.85. The number of hydrogen-bond donors (Lipinski definition) is 1. The van der Waals surface area contributed by atoms with Crippen molar-refractivity contribution in [1.29, 1.82) is 0 Å². The Kier molecular flexibility index (Phi) is 2.01. The molecule has 0 atom stereocenters. The van der Waals surface area contributed by atoms with E-state index >= 15 is 0 Å². The van der Waals surface area contributed by atoms with Crippen LogP contribution in [-0.4, -0.2) is 5.54 Å². The molecule has 2 N–H and O–H groups in total. The van der Waals surface area contributed by atoms with E-state index in [0.29, 0.717) is 0 Å².